The third-order valence-corrected chi connectivity index (χ3v) is 1.15. The fourth-order valence-electron chi connectivity index (χ4n) is 0.361. The fraction of sp³-hybridized carbons (Fsp3) is 0.200. The van der Waals surface area contributed by atoms with Crippen LogP contribution in [-0.4, -0.2) is 4.92 Å². The first-order chi connectivity index (χ1) is 4.09. The number of hydrogen-bond donors (Lipinski definition) is 0. The third-order valence-electron chi connectivity index (χ3n) is 0.748. The van der Waals surface area contributed by atoms with E-state index < -0.39 is 4.92 Å². The van der Waals surface area contributed by atoms with Gasteiger partial charge in [-0.15, -0.1) is 0 Å². The Hall–Kier alpha value is -0.640. The molecule has 0 atom stereocenters. The zero-order valence-electron chi connectivity index (χ0n) is 4.93. The minimum Gasteiger partial charge on any atom is -0.258 e. The van der Waals surface area contributed by atoms with Crippen molar-refractivity contribution in [3.8, 4) is 0 Å². The monoisotopic (exact) mass is 191 g/mol. The van der Waals surface area contributed by atoms with E-state index in [0.717, 1.165) is 0 Å². The fourth-order valence-corrected chi connectivity index (χ4v) is 0.735. The van der Waals surface area contributed by atoms with Crippen LogP contribution in [0.3, 0.4) is 0 Å². The quantitative estimate of drug-likeness (QED) is 0.381. The van der Waals surface area contributed by atoms with Crippen LogP contribution in [0.1, 0.15) is 6.92 Å². The number of halogens is 1. The molecule has 0 aromatic carbocycles. The van der Waals surface area contributed by atoms with Crippen LogP contribution in [0.25, 0.3) is 0 Å². The van der Waals surface area contributed by atoms with Crippen molar-refractivity contribution in [1.29, 1.82) is 0 Å². The van der Waals surface area contributed by atoms with Crippen LogP contribution in [0, 0.1) is 10.1 Å². The van der Waals surface area contributed by atoms with Crippen LogP contribution in [0.2, 0.25) is 0 Å². The Morgan fingerprint density at radius 2 is 2.33 bits per heavy atom. The molecule has 0 radical (unpaired) electrons. The molecule has 0 aliphatic carbocycles. The molecule has 0 unspecified atom stereocenters. The van der Waals surface area contributed by atoms with Gasteiger partial charge in [0.25, 0.3) is 5.70 Å². The highest BCUT2D eigenvalue weighted by Gasteiger charge is 2.09. The van der Waals surface area contributed by atoms with E-state index >= 15 is 0 Å². The van der Waals surface area contributed by atoms with E-state index in [0.29, 0.717) is 4.48 Å². The topological polar surface area (TPSA) is 43.1 Å². The van der Waals surface area contributed by atoms with E-state index in [9.17, 15) is 10.1 Å². The van der Waals surface area contributed by atoms with E-state index in [1.165, 1.54) is 6.08 Å². The molecule has 9 heavy (non-hydrogen) atoms. The van der Waals surface area contributed by atoms with E-state index in [2.05, 4.69) is 22.5 Å². The lowest BCUT2D eigenvalue weighted by molar-refractivity contribution is -0.419. The highest BCUT2D eigenvalue weighted by Crippen LogP contribution is 2.13. The molecule has 0 N–H and O–H groups in total. The molecule has 0 bridgehead atoms. The Morgan fingerprint density at radius 3 is 2.33 bits per heavy atom. The molecule has 0 spiro atoms. The largest absolute Gasteiger partial charge is 0.278 e. The number of hydrogen-bond acceptors (Lipinski definition) is 2. The summed E-state index contributed by atoms with van der Waals surface area (Å²) in [6, 6.07) is 0. The highest BCUT2D eigenvalue weighted by atomic mass is 79.9. The molecule has 0 aliphatic heterocycles. The van der Waals surface area contributed by atoms with E-state index in [4.69, 9.17) is 0 Å². The summed E-state index contributed by atoms with van der Waals surface area (Å²) < 4.78 is 0.301. The number of rotatable bonds is 2. The lowest BCUT2D eigenvalue weighted by Crippen LogP contribution is -1.96. The highest BCUT2D eigenvalue weighted by molar-refractivity contribution is 9.11. The second-order valence-corrected chi connectivity index (χ2v) is 2.29. The summed E-state index contributed by atoms with van der Waals surface area (Å²) in [6.07, 6.45) is 1.39. The molecule has 50 valence electrons. The predicted octanol–water partition coefficient (Wildman–Crippen LogP) is 2.08. The molecule has 0 aliphatic rings. The van der Waals surface area contributed by atoms with Gasteiger partial charge < -0.3 is 0 Å². The first-order valence-electron chi connectivity index (χ1n) is 2.25. The summed E-state index contributed by atoms with van der Waals surface area (Å²) in [5, 5.41) is 10.0. The summed E-state index contributed by atoms with van der Waals surface area (Å²) in [7, 11) is 0. The van der Waals surface area contributed by atoms with Crippen molar-refractivity contribution in [3.05, 3.63) is 32.9 Å². The van der Waals surface area contributed by atoms with Gasteiger partial charge in [0, 0.05) is 0 Å². The SMILES string of the molecule is C=C(Br)/C(=C/C)[N+](=O)[O-]. The maximum absolute atomic E-state index is 10.0. The first kappa shape index (κ1) is 8.36. The molecule has 0 saturated heterocycles. The second-order valence-electron chi connectivity index (χ2n) is 1.34. The third kappa shape index (κ3) is 2.41. The minimum absolute atomic E-state index is 0.00926. The predicted molar refractivity (Wildman–Crippen MR) is 38.8 cm³/mol. The minimum atomic E-state index is -0.489. The first-order valence-corrected chi connectivity index (χ1v) is 3.04. The maximum Gasteiger partial charge on any atom is 0.278 e. The molecule has 0 aromatic heterocycles. The van der Waals surface area contributed by atoms with Crippen molar-refractivity contribution in [2.75, 3.05) is 0 Å². The van der Waals surface area contributed by atoms with E-state index in [1.807, 2.05) is 0 Å². The maximum atomic E-state index is 10.0. The van der Waals surface area contributed by atoms with Gasteiger partial charge in [0.15, 0.2) is 0 Å². The average Bonchev–Trinajstić information content (AvgIpc) is 1.64. The lowest BCUT2D eigenvalue weighted by atomic mass is 10.4. The van der Waals surface area contributed by atoms with Crippen molar-refractivity contribution >= 4 is 15.9 Å². The van der Waals surface area contributed by atoms with Crippen molar-refractivity contribution in [2.45, 2.75) is 6.92 Å². The average molecular weight is 192 g/mol. The van der Waals surface area contributed by atoms with Gasteiger partial charge in [-0.3, -0.25) is 10.1 Å². The van der Waals surface area contributed by atoms with Crippen molar-refractivity contribution in [3.63, 3.8) is 0 Å². The Kier molecular flexibility index (Phi) is 3.16. The van der Waals surface area contributed by atoms with Gasteiger partial charge in [-0.25, -0.2) is 0 Å². The molecule has 0 saturated carbocycles. The number of nitro groups is 1. The van der Waals surface area contributed by atoms with Crippen molar-refractivity contribution < 1.29 is 4.92 Å². The van der Waals surface area contributed by atoms with Crippen molar-refractivity contribution in [1.82, 2.24) is 0 Å². The lowest BCUT2D eigenvalue weighted by Gasteiger charge is -1.90. The van der Waals surface area contributed by atoms with Crippen LogP contribution in [0.15, 0.2) is 22.8 Å². The molecular weight excluding hydrogens is 186 g/mol. The summed E-state index contributed by atoms with van der Waals surface area (Å²) >= 11 is 2.90. The van der Waals surface area contributed by atoms with Gasteiger partial charge in [-0.1, -0.05) is 6.58 Å². The Bertz CT molecular complexity index is 158. The molecular formula is C5H6BrNO2. The van der Waals surface area contributed by atoms with Crippen LogP contribution >= 0.6 is 15.9 Å². The van der Waals surface area contributed by atoms with E-state index in [1.54, 1.807) is 6.92 Å². The molecule has 4 heteroatoms. The van der Waals surface area contributed by atoms with Crippen molar-refractivity contribution in [2.24, 2.45) is 0 Å². The Balaban J connectivity index is 4.38. The van der Waals surface area contributed by atoms with Gasteiger partial charge in [0.05, 0.1) is 9.41 Å². The zero-order chi connectivity index (χ0) is 7.44. The van der Waals surface area contributed by atoms with Crippen LogP contribution in [-0.2, 0) is 0 Å². The molecule has 0 rings (SSSR count). The van der Waals surface area contributed by atoms with Crippen LogP contribution in [0.5, 0.6) is 0 Å². The van der Waals surface area contributed by atoms with Gasteiger partial charge in [-0.2, -0.15) is 0 Å². The summed E-state index contributed by atoms with van der Waals surface area (Å²) in [5.74, 6) is 0. The van der Waals surface area contributed by atoms with E-state index in [-0.39, 0.29) is 5.70 Å². The Morgan fingerprint density at radius 1 is 1.89 bits per heavy atom. The smallest absolute Gasteiger partial charge is 0.258 e. The molecule has 0 heterocycles. The standard InChI is InChI=1S/C5H6BrNO2/c1-3-5(4(2)6)7(8)9/h3H,2H2,1H3/b5-3-. The number of allylic oxidation sites excluding steroid dienone is 2. The zero-order valence-corrected chi connectivity index (χ0v) is 6.51. The second kappa shape index (κ2) is 3.40. The number of nitrogens with zero attached hydrogens (tertiary/aromatic N) is 1. The molecule has 3 nitrogen and oxygen atoms in total. The Labute approximate surface area is 61.3 Å². The van der Waals surface area contributed by atoms with Gasteiger partial charge >= 0.3 is 0 Å². The summed E-state index contributed by atoms with van der Waals surface area (Å²) in [4.78, 5) is 9.53. The van der Waals surface area contributed by atoms with Gasteiger partial charge in [0.2, 0.25) is 0 Å². The van der Waals surface area contributed by atoms with Crippen LogP contribution in [0.4, 0.5) is 0 Å². The summed E-state index contributed by atoms with van der Waals surface area (Å²) in [6.45, 7) is 4.94. The molecule has 0 fully saturated rings. The van der Waals surface area contributed by atoms with Gasteiger partial charge in [-0.05, 0) is 28.9 Å². The van der Waals surface area contributed by atoms with Crippen LogP contribution < -0.4 is 0 Å². The normalized spacial score (nSPS) is 11.1. The van der Waals surface area contributed by atoms with Gasteiger partial charge in [0.1, 0.15) is 0 Å². The molecule has 0 amide bonds. The summed E-state index contributed by atoms with van der Waals surface area (Å²) in [5.41, 5.74) is 0.00926. The molecule has 0 aromatic rings.